The Labute approximate surface area is 117 Å². The van der Waals surface area contributed by atoms with Crippen LogP contribution in [0.25, 0.3) is 0 Å². The molecule has 1 aromatic rings. The molecule has 1 amide bonds. The number of halogens is 1. The van der Waals surface area contributed by atoms with Crippen molar-refractivity contribution < 1.29 is 18.7 Å². The fraction of sp³-hybridized carbons (Fsp3) is 0.429. The summed E-state index contributed by atoms with van der Waals surface area (Å²) < 4.78 is 18.3. The Morgan fingerprint density at radius 2 is 2.05 bits per heavy atom. The maximum Gasteiger partial charge on any atom is 0.328 e. The molecule has 0 heterocycles. The second-order valence-electron chi connectivity index (χ2n) is 4.92. The van der Waals surface area contributed by atoms with E-state index in [9.17, 15) is 14.0 Å². The second kappa shape index (κ2) is 6.88. The monoisotopic (exact) mass is 282 g/mol. The molecule has 0 bridgehead atoms. The molecule has 0 aliphatic heterocycles. The number of amides is 1. The molecular formula is C14H19FN2O3. The number of esters is 1. The minimum atomic E-state index is -0.801. The zero-order valence-electron chi connectivity index (χ0n) is 11.8. The predicted molar refractivity (Wildman–Crippen MR) is 73.5 cm³/mol. The molecule has 6 heteroatoms. The lowest BCUT2D eigenvalue weighted by molar-refractivity contribution is -0.143. The summed E-state index contributed by atoms with van der Waals surface area (Å²) in [7, 11) is 1.24. The Kier molecular flexibility index (Phi) is 5.49. The largest absolute Gasteiger partial charge is 0.467 e. The number of nitrogen functional groups attached to an aromatic ring is 1. The van der Waals surface area contributed by atoms with E-state index in [0.29, 0.717) is 6.42 Å². The first-order valence-corrected chi connectivity index (χ1v) is 6.28. The van der Waals surface area contributed by atoms with Gasteiger partial charge < -0.3 is 15.8 Å². The molecule has 110 valence electrons. The Morgan fingerprint density at radius 3 is 2.55 bits per heavy atom. The molecule has 0 aliphatic rings. The summed E-state index contributed by atoms with van der Waals surface area (Å²) in [6.45, 7) is 3.82. The number of carbonyl (C=O) groups is 2. The molecule has 0 aromatic heterocycles. The summed E-state index contributed by atoms with van der Waals surface area (Å²) in [4.78, 5) is 23.6. The first-order valence-electron chi connectivity index (χ1n) is 6.28. The second-order valence-corrected chi connectivity index (χ2v) is 4.92. The number of hydrogen-bond donors (Lipinski definition) is 2. The van der Waals surface area contributed by atoms with Crippen LogP contribution >= 0.6 is 0 Å². The maximum atomic E-state index is 13.6. The van der Waals surface area contributed by atoms with Gasteiger partial charge in [-0.2, -0.15) is 0 Å². The Bertz CT molecular complexity index is 503. The summed E-state index contributed by atoms with van der Waals surface area (Å²) in [5, 5.41) is 2.48. The zero-order valence-corrected chi connectivity index (χ0v) is 11.8. The van der Waals surface area contributed by atoms with Crippen molar-refractivity contribution in [1.82, 2.24) is 5.32 Å². The first-order chi connectivity index (χ1) is 9.35. The lowest BCUT2D eigenvalue weighted by Gasteiger charge is -2.18. The first kappa shape index (κ1) is 15.9. The van der Waals surface area contributed by atoms with Crippen molar-refractivity contribution in [3.63, 3.8) is 0 Å². The SMILES string of the molecule is COC(=O)[C@H](CC(C)C)NC(=O)c1ccc(N)cc1F. The van der Waals surface area contributed by atoms with Crippen LogP contribution in [0, 0.1) is 11.7 Å². The molecule has 1 atom stereocenters. The number of carbonyl (C=O) groups excluding carboxylic acids is 2. The highest BCUT2D eigenvalue weighted by Gasteiger charge is 2.24. The van der Waals surface area contributed by atoms with Crippen LogP contribution in [0.4, 0.5) is 10.1 Å². The van der Waals surface area contributed by atoms with Crippen LogP contribution < -0.4 is 11.1 Å². The van der Waals surface area contributed by atoms with E-state index in [4.69, 9.17) is 5.73 Å². The number of hydrogen-bond acceptors (Lipinski definition) is 4. The van der Waals surface area contributed by atoms with Gasteiger partial charge in [0.25, 0.3) is 5.91 Å². The molecule has 0 aliphatic carbocycles. The maximum absolute atomic E-state index is 13.6. The molecular weight excluding hydrogens is 263 g/mol. The minimum Gasteiger partial charge on any atom is -0.467 e. The highest BCUT2D eigenvalue weighted by Crippen LogP contribution is 2.13. The number of nitrogens with one attached hydrogen (secondary N) is 1. The van der Waals surface area contributed by atoms with Crippen LogP contribution in [0.1, 0.15) is 30.6 Å². The number of anilines is 1. The molecule has 0 unspecified atom stereocenters. The zero-order chi connectivity index (χ0) is 15.3. The van der Waals surface area contributed by atoms with E-state index >= 15 is 0 Å². The van der Waals surface area contributed by atoms with E-state index in [1.54, 1.807) is 0 Å². The van der Waals surface area contributed by atoms with Gasteiger partial charge in [0.2, 0.25) is 0 Å². The number of methoxy groups -OCH3 is 1. The van der Waals surface area contributed by atoms with E-state index in [-0.39, 0.29) is 17.2 Å². The average molecular weight is 282 g/mol. The predicted octanol–water partition coefficient (Wildman–Crippen LogP) is 1.73. The van der Waals surface area contributed by atoms with Crippen molar-refractivity contribution in [3.8, 4) is 0 Å². The van der Waals surface area contributed by atoms with Crippen LogP contribution in [0.15, 0.2) is 18.2 Å². The summed E-state index contributed by atoms with van der Waals surface area (Å²) in [6.07, 6.45) is 0.412. The number of benzene rings is 1. The molecule has 0 fully saturated rings. The van der Waals surface area contributed by atoms with Gasteiger partial charge in [0.05, 0.1) is 12.7 Å². The quantitative estimate of drug-likeness (QED) is 0.636. The summed E-state index contributed by atoms with van der Waals surface area (Å²) in [5.74, 6) is -1.77. The van der Waals surface area contributed by atoms with Crippen molar-refractivity contribution >= 4 is 17.6 Å². The van der Waals surface area contributed by atoms with Crippen molar-refractivity contribution in [1.29, 1.82) is 0 Å². The molecule has 20 heavy (non-hydrogen) atoms. The molecule has 3 N–H and O–H groups in total. The Hall–Kier alpha value is -2.11. The summed E-state index contributed by atoms with van der Waals surface area (Å²) in [6, 6.07) is 2.96. The van der Waals surface area contributed by atoms with Gasteiger partial charge in [0.1, 0.15) is 11.9 Å². The topological polar surface area (TPSA) is 81.4 Å². The number of ether oxygens (including phenoxy) is 1. The summed E-state index contributed by atoms with van der Waals surface area (Å²) >= 11 is 0. The van der Waals surface area contributed by atoms with Crippen LogP contribution in [0.5, 0.6) is 0 Å². The van der Waals surface area contributed by atoms with E-state index in [2.05, 4.69) is 10.1 Å². The highest BCUT2D eigenvalue weighted by molar-refractivity contribution is 5.97. The minimum absolute atomic E-state index is 0.156. The molecule has 0 radical (unpaired) electrons. The van der Waals surface area contributed by atoms with Gasteiger partial charge in [-0.25, -0.2) is 9.18 Å². The summed E-state index contributed by atoms with van der Waals surface area (Å²) in [5.41, 5.74) is 5.49. The van der Waals surface area contributed by atoms with E-state index in [1.165, 1.54) is 19.2 Å². The normalized spacial score (nSPS) is 12.1. The standard InChI is InChI=1S/C14H19FN2O3/c1-8(2)6-12(14(19)20-3)17-13(18)10-5-4-9(16)7-11(10)15/h4-5,7-8,12H,6,16H2,1-3H3,(H,17,18)/t12-/m0/s1. The number of nitrogens with two attached hydrogens (primary N) is 1. The molecule has 0 spiro atoms. The van der Waals surface area contributed by atoms with Gasteiger partial charge in [0.15, 0.2) is 0 Å². The Balaban J connectivity index is 2.87. The number of rotatable bonds is 5. The fourth-order valence-electron chi connectivity index (χ4n) is 1.78. The van der Waals surface area contributed by atoms with E-state index < -0.39 is 23.7 Å². The van der Waals surface area contributed by atoms with Crippen LogP contribution in [0.2, 0.25) is 0 Å². The smallest absolute Gasteiger partial charge is 0.328 e. The lowest BCUT2D eigenvalue weighted by Crippen LogP contribution is -2.42. The van der Waals surface area contributed by atoms with Gasteiger partial charge in [-0.05, 0) is 30.5 Å². The van der Waals surface area contributed by atoms with E-state index in [0.717, 1.165) is 6.07 Å². The van der Waals surface area contributed by atoms with E-state index in [1.807, 2.05) is 13.8 Å². The van der Waals surface area contributed by atoms with Gasteiger partial charge >= 0.3 is 5.97 Å². The van der Waals surface area contributed by atoms with Crippen molar-refractivity contribution in [2.24, 2.45) is 5.92 Å². The fourth-order valence-corrected chi connectivity index (χ4v) is 1.78. The van der Waals surface area contributed by atoms with Crippen LogP contribution in [0.3, 0.4) is 0 Å². The molecule has 1 aromatic carbocycles. The van der Waals surface area contributed by atoms with Gasteiger partial charge in [-0.3, -0.25) is 4.79 Å². The third-order valence-electron chi connectivity index (χ3n) is 2.74. The van der Waals surface area contributed by atoms with Crippen LogP contribution in [-0.4, -0.2) is 25.0 Å². The third-order valence-corrected chi connectivity index (χ3v) is 2.74. The average Bonchev–Trinajstić information content (AvgIpc) is 2.36. The van der Waals surface area contributed by atoms with Gasteiger partial charge in [-0.15, -0.1) is 0 Å². The van der Waals surface area contributed by atoms with Gasteiger partial charge in [0, 0.05) is 5.69 Å². The molecule has 1 rings (SSSR count). The molecule has 5 nitrogen and oxygen atoms in total. The van der Waals surface area contributed by atoms with Gasteiger partial charge in [-0.1, -0.05) is 13.8 Å². The lowest BCUT2D eigenvalue weighted by atomic mass is 10.0. The third kappa shape index (κ3) is 4.22. The van der Waals surface area contributed by atoms with Crippen molar-refractivity contribution in [2.75, 3.05) is 12.8 Å². The Morgan fingerprint density at radius 1 is 1.40 bits per heavy atom. The molecule has 0 saturated carbocycles. The van der Waals surface area contributed by atoms with Crippen molar-refractivity contribution in [3.05, 3.63) is 29.6 Å². The molecule has 0 saturated heterocycles. The van der Waals surface area contributed by atoms with Crippen LogP contribution in [-0.2, 0) is 9.53 Å². The highest BCUT2D eigenvalue weighted by atomic mass is 19.1. The van der Waals surface area contributed by atoms with Crippen molar-refractivity contribution in [2.45, 2.75) is 26.3 Å².